The minimum Gasteiger partial charge on any atom is -0.380 e. The van der Waals surface area contributed by atoms with E-state index in [1.807, 2.05) is 60.7 Å². The fraction of sp³-hybridized carbons (Fsp3) is 0.455. The predicted octanol–water partition coefficient (Wildman–Crippen LogP) is 5.10. The number of benzene rings is 2. The van der Waals surface area contributed by atoms with Crippen molar-refractivity contribution in [1.82, 2.24) is 4.90 Å². The van der Waals surface area contributed by atoms with E-state index in [9.17, 15) is 5.11 Å². The van der Waals surface area contributed by atoms with Gasteiger partial charge in [-0.25, -0.2) is 0 Å². The fourth-order valence-corrected chi connectivity index (χ4v) is 3.59. The van der Waals surface area contributed by atoms with Gasteiger partial charge in [-0.15, -0.1) is 12.4 Å². The van der Waals surface area contributed by atoms with Gasteiger partial charge in [0.1, 0.15) is 5.60 Å². The zero-order chi connectivity index (χ0) is 17.7. The molecule has 0 aliphatic carbocycles. The van der Waals surface area contributed by atoms with Crippen molar-refractivity contribution in [2.45, 2.75) is 52.3 Å². The Morgan fingerprint density at radius 3 is 1.44 bits per heavy atom. The van der Waals surface area contributed by atoms with Crippen LogP contribution in [0.2, 0.25) is 0 Å². The summed E-state index contributed by atoms with van der Waals surface area (Å²) in [5, 5.41) is 11.8. The van der Waals surface area contributed by atoms with E-state index in [0.717, 1.165) is 17.7 Å². The molecule has 1 N–H and O–H groups in total. The molecule has 0 amide bonds. The monoisotopic (exact) mass is 361 g/mol. The topological polar surface area (TPSA) is 23.5 Å². The van der Waals surface area contributed by atoms with E-state index in [1.54, 1.807) is 0 Å². The highest BCUT2D eigenvalue weighted by atomic mass is 35.5. The van der Waals surface area contributed by atoms with E-state index in [-0.39, 0.29) is 18.3 Å². The minimum atomic E-state index is -0.995. The summed E-state index contributed by atoms with van der Waals surface area (Å²) >= 11 is 0. The summed E-state index contributed by atoms with van der Waals surface area (Å²) in [6.45, 7) is 11.9. The van der Waals surface area contributed by atoms with Gasteiger partial charge >= 0.3 is 0 Å². The molecule has 0 saturated heterocycles. The molecule has 1 atom stereocenters. The lowest BCUT2D eigenvalue weighted by molar-refractivity contribution is -0.00272. The highest BCUT2D eigenvalue weighted by molar-refractivity contribution is 5.85. The molecule has 2 aromatic carbocycles. The van der Waals surface area contributed by atoms with Crippen LogP contribution in [0.25, 0.3) is 0 Å². The average Bonchev–Trinajstić information content (AvgIpc) is 2.59. The van der Waals surface area contributed by atoms with Crippen LogP contribution in [0.15, 0.2) is 60.7 Å². The van der Waals surface area contributed by atoms with Crippen LogP contribution >= 0.6 is 12.4 Å². The molecule has 0 heterocycles. The molecule has 0 aliphatic heterocycles. The van der Waals surface area contributed by atoms with Gasteiger partial charge < -0.3 is 5.11 Å². The van der Waals surface area contributed by atoms with Gasteiger partial charge in [-0.05, 0) is 38.8 Å². The number of nitrogens with zero attached hydrogens (tertiary/aromatic N) is 1. The smallest absolute Gasteiger partial charge is 0.118 e. The SMILES string of the molecule is CC(C)N(CC(C)C(O)(c1ccccc1)c1ccccc1)C(C)C.Cl. The van der Waals surface area contributed by atoms with E-state index < -0.39 is 5.60 Å². The fourth-order valence-electron chi connectivity index (χ4n) is 3.59. The first kappa shape index (κ1) is 21.7. The molecule has 2 aromatic rings. The molecule has 0 spiro atoms. The quantitative estimate of drug-likeness (QED) is 0.741. The van der Waals surface area contributed by atoms with Crippen molar-refractivity contribution < 1.29 is 5.11 Å². The molecule has 1 unspecified atom stereocenters. The van der Waals surface area contributed by atoms with E-state index in [4.69, 9.17) is 0 Å². The summed E-state index contributed by atoms with van der Waals surface area (Å²) in [6, 6.07) is 21.0. The van der Waals surface area contributed by atoms with Crippen LogP contribution in [0, 0.1) is 5.92 Å². The van der Waals surface area contributed by atoms with Crippen LogP contribution < -0.4 is 0 Å². The van der Waals surface area contributed by atoms with Crippen LogP contribution in [0.1, 0.15) is 45.7 Å². The zero-order valence-electron chi connectivity index (χ0n) is 16.0. The first-order chi connectivity index (χ1) is 11.4. The number of hydrogen-bond donors (Lipinski definition) is 1. The molecule has 2 nitrogen and oxygen atoms in total. The molecule has 0 fully saturated rings. The molecule has 138 valence electrons. The van der Waals surface area contributed by atoms with Crippen LogP contribution in [0.4, 0.5) is 0 Å². The average molecular weight is 362 g/mol. The van der Waals surface area contributed by atoms with Crippen molar-refractivity contribution in [2.75, 3.05) is 6.54 Å². The predicted molar refractivity (Wildman–Crippen MR) is 109 cm³/mol. The summed E-state index contributed by atoms with van der Waals surface area (Å²) in [4.78, 5) is 2.45. The second-order valence-corrected chi connectivity index (χ2v) is 7.28. The second kappa shape index (κ2) is 9.38. The van der Waals surface area contributed by atoms with Crippen LogP contribution in [-0.4, -0.2) is 28.6 Å². The largest absolute Gasteiger partial charge is 0.380 e. The maximum absolute atomic E-state index is 11.8. The lowest BCUT2D eigenvalue weighted by Crippen LogP contribution is -2.46. The van der Waals surface area contributed by atoms with Gasteiger partial charge in [0.25, 0.3) is 0 Å². The summed E-state index contributed by atoms with van der Waals surface area (Å²) in [5.74, 6) is 0.0621. The van der Waals surface area contributed by atoms with Crippen LogP contribution in [0.5, 0.6) is 0 Å². The Morgan fingerprint density at radius 1 is 0.760 bits per heavy atom. The molecule has 0 radical (unpaired) electrons. The first-order valence-electron chi connectivity index (χ1n) is 8.96. The third kappa shape index (κ3) is 4.84. The molecule has 0 bridgehead atoms. The Bertz CT molecular complexity index is 565. The van der Waals surface area contributed by atoms with Gasteiger partial charge in [-0.2, -0.15) is 0 Å². The van der Waals surface area contributed by atoms with E-state index in [0.29, 0.717) is 12.1 Å². The molecule has 3 heteroatoms. The maximum atomic E-state index is 11.8. The zero-order valence-corrected chi connectivity index (χ0v) is 16.8. The number of rotatable bonds is 7. The highest BCUT2D eigenvalue weighted by Crippen LogP contribution is 2.37. The minimum absolute atomic E-state index is 0. The molecule has 25 heavy (non-hydrogen) atoms. The van der Waals surface area contributed by atoms with E-state index in [2.05, 4.69) is 39.5 Å². The summed E-state index contributed by atoms with van der Waals surface area (Å²) in [6.07, 6.45) is 0. The van der Waals surface area contributed by atoms with Crippen molar-refractivity contribution in [2.24, 2.45) is 5.92 Å². The third-order valence-corrected chi connectivity index (χ3v) is 4.95. The van der Waals surface area contributed by atoms with Gasteiger partial charge in [0.15, 0.2) is 0 Å². The van der Waals surface area contributed by atoms with Crippen LogP contribution in [0.3, 0.4) is 0 Å². The standard InChI is InChI=1S/C22H31NO.ClH/c1-17(2)23(18(3)4)16-19(5)22(24,20-12-8-6-9-13-20)21-14-10-7-11-15-21;/h6-15,17-19,24H,16H2,1-5H3;1H. The number of aliphatic hydroxyl groups is 1. The van der Waals surface area contributed by atoms with E-state index in [1.165, 1.54) is 0 Å². The van der Waals surface area contributed by atoms with Gasteiger partial charge in [0, 0.05) is 24.5 Å². The summed E-state index contributed by atoms with van der Waals surface area (Å²) in [5.41, 5.74) is 0.914. The Kier molecular flexibility index (Phi) is 8.14. The maximum Gasteiger partial charge on any atom is 0.118 e. The molecule has 2 rings (SSSR count). The van der Waals surface area contributed by atoms with Crippen molar-refractivity contribution in [3.8, 4) is 0 Å². The molecule has 0 aliphatic rings. The lowest BCUT2D eigenvalue weighted by Gasteiger charge is -2.40. The first-order valence-corrected chi connectivity index (χ1v) is 8.96. The van der Waals surface area contributed by atoms with Crippen molar-refractivity contribution >= 4 is 12.4 Å². The normalized spacial score (nSPS) is 13.2. The Labute approximate surface area is 159 Å². The van der Waals surface area contributed by atoms with E-state index >= 15 is 0 Å². The Hall–Kier alpha value is -1.35. The third-order valence-electron chi connectivity index (χ3n) is 4.95. The highest BCUT2D eigenvalue weighted by Gasteiger charge is 2.38. The second-order valence-electron chi connectivity index (χ2n) is 7.28. The van der Waals surface area contributed by atoms with Crippen molar-refractivity contribution in [3.05, 3.63) is 71.8 Å². The Morgan fingerprint density at radius 2 is 1.12 bits per heavy atom. The van der Waals surface area contributed by atoms with Gasteiger partial charge in [0.2, 0.25) is 0 Å². The number of hydrogen-bond acceptors (Lipinski definition) is 2. The molecule has 0 saturated carbocycles. The molecular weight excluding hydrogens is 330 g/mol. The lowest BCUT2D eigenvalue weighted by atomic mass is 9.76. The summed E-state index contributed by atoms with van der Waals surface area (Å²) in [7, 11) is 0. The molecular formula is C22H32ClNO. The van der Waals surface area contributed by atoms with Crippen molar-refractivity contribution in [1.29, 1.82) is 0 Å². The Balaban J connectivity index is 0.00000312. The van der Waals surface area contributed by atoms with Gasteiger partial charge in [0.05, 0.1) is 0 Å². The van der Waals surface area contributed by atoms with Crippen LogP contribution in [-0.2, 0) is 5.60 Å². The molecule has 0 aromatic heterocycles. The van der Waals surface area contributed by atoms with Gasteiger partial charge in [-0.1, -0.05) is 67.6 Å². The summed E-state index contributed by atoms with van der Waals surface area (Å²) < 4.78 is 0. The number of halogens is 1. The van der Waals surface area contributed by atoms with Gasteiger partial charge in [-0.3, -0.25) is 4.90 Å². The van der Waals surface area contributed by atoms with Crippen molar-refractivity contribution in [3.63, 3.8) is 0 Å².